The molecule has 0 saturated carbocycles. The molecule has 4 heteroatoms. The van der Waals surface area contributed by atoms with E-state index in [0.717, 1.165) is 17.3 Å². The normalized spacial score (nSPS) is 20.8. The lowest BCUT2D eigenvalue weighted by Gasteiger charge is -2.21. The Morgan fingerprint density at radius 2 is 1.52 bits per heavy atom. The molecule has 0 aromatic heterocycles. The van der Waals surface area contributed by atoms with Crippen molar-refractivity contribution in [3.05, 3.63) is 78.0 Å². The fourth-order valence-corrected chi connectivity index (χ4v) is 2.56. The van der Waals surface area contributed by atoms with E-state index in [1.807, 2.05) is 60.7 Å². The van der Waals surface area contributed by atoms with E-state index in [1.165, 1.54) is 4.90 Å². The summed E-state index contributed by atoms with van der Waals surface area (Å²) in [6, 6.07) is 18.6. The summed E-state index contributed by atoms with van der Waals surface area (Å²) in [7, 11) is 0. The van der Waals surface area contributed by atoms with Crippen LogP contribution in [-0.2, 0) is 9.53 Å². The molecule has 104 valence electrons. The molecule has 0 aliphatic carbocycles. The number of benzene rings is 2. The Morgan fingerprint density at radius 1 is 0.952 bits per heavy atom. The zero-order chi connectivity index (χ0) is 14.7. The van der Waals surface area contributed by atoms with Crippen LogP contribution in [0.2, 0.25) is 0 Å². The maximum absolute atomic E-state index is 12.0. The van der Waals surface area contributed by atoms with Crippen LogP contribution in [0.1, 0.15) is 23.3 Å². The van der Waals surface area contributed by atoms with Gasteiger partial charge in [0.1, 0.15) is 12.0 Å². The van der Waals surface area contributed by atoms with Crippen LogP contribution >= 0.6 is 0 Å². The molecule has 2 aromatic carbocycles. The molecule has 1 saturated heterocycles. The molecule has 0 spiro atoms. The molecule has 2 aromatic rings. The van der Waals surface area contributed by atoms with Crippen molar-refractivity contribution >= 4 is 12.0 Å². The molecule has 2 atom stereocenters. The maximum Gasteiger partial charge on any atom is 0.415 e. The largest absolute Gasteiger partial charge is 0.438 e. The third kappa shape index (κ3) is 2.45. The van der Waals surface area contributed by atoms with Crippen molar-refractivity contribution in [3.8, 4) is 0 Å². The predicted octanol–water partition coefficient (Wildman–Crippen LogP) is 3.27. The molecule has 1 amide bonds. The van der Waals surface area contributed by atoms with E-state index in [9.17, 15) is 9.59 Å². The predicted molar refractivity (Wildman–Crippen MR) is 76.9 cm³/mol. The minimum Gasteiger partial charge on any atom is -0.438 e. The molecule has 21 heavy (non-hydrogen) atoms. The standard InChI is InChI=1S/C17H13NO3/c19-12-11-18-15(13-7-3-1-4-8-13)16(21-17(18)20)14-9-5-2-6-10-14/h1-11,15-16H/t15-,16-/m0/s1. The van der Waals surface area contributed by atoms with Crippen molar-refractivity contribution in [1.82, 2.24) is 4.90 Å². The molecule has 1 aliphatic rings. The Morgan fingerprint density at radius 3 is 2.10 bits per heavy atom. The molecule has 1 heterocycles. The number of nitrogens with zero attached hydrogens (tertiary/aromatic N) is 1. The van der Waals surface area contributed by atoms with Crippen molar-refractivity contribution in [2.45, 2.75) is 12.1 Å². The third-order valence-corrected chi connectivity index (χ3v) is 3.49. The van der Waals surface area contributed by atoms with Crippen LogP contribution in [0.25, 0.3) is 0 Å². The third-order valence-electron chi connectivity index (χ3n) is 3.49. The maximum atomic E-state index is 12.0. The topological polar surface area (TPSA) is 46.6 Å². The molecule has 0 bridgehead atoms. The minimum atomic E-state index is -0.541. The summed E-state index contributed by atoms with van der Waals surface area (Å²) >= 11 is 0. The highest BCUT2D eigenvalue weighted by atomic mass is 16.6. The van der Waals surface area contributed by atoms with Crippen LogP contribution in [0.15, 0.2) is 66.9 Å². The number of hydrogen-bond acceptors (Lipinski definition) is 3. The highest BCUT2D eigenvalue weighted by molar-refractivity contribution is 5.74. The highest BCUT2D eigenvalue weighted by Crippen LogP contribution is 2.42. The first kappa shape index (κ1) is 13.2. The second-order valence-corrected chi connectivity index (χ2v) is 4.72. The summed E-state index contributed by atoms with van der Waals surface area (Å²) in [6.45, 7) is 0. The summed E-state index contributed by atoms with van der Waals surface area (Å²) in [5.74, 6) is 1.66. The van der Waals surface area contributed by atoms with Gasteiger partial charge in [-0.25, -0.2) is 9.59 Å². The Hall–Kier alpha value is -2.84. The fraction of sp³-hybridized carbons (Fsp3) is 0.118. The van der Waals surface area contributed by atoms with Crippen LogP contribution in [0.3, 0.4) is 0 Å². The van der Waals surface area contributed by atoms with Gasteiger partial charge in [-0.05, 0) is 11.1 Å². The average Bonchev–Trinajstić information content (AvgIpc) is 2.86. The van der Waals surface area contributed by atoms with Gasteiger partial charge in [0.25, 0.3) is 0 Å². The lowest BCUT2D eigenvalue weighted by molar-refractivity contribution is 0.131. The molecule has 3 rings (SSSR count). The summed E-state index contributed by atoms with van der Waals surface area (Å²) < 4.78 is 5.46. The number of rotatable bonds is 3. The number of carbonyl (C=O) groups excluding carboxylic acids is 2. The van der Waals surface area contributed by atoms with Gasteiger partial charge < -0.3 is 4.74 Å². The molecule has 0 unspecified atom stereocenters. The number of ether oxygens (including phenoxy) is 1. The van der Waals surface area contributed by atoms with Gasteiger partial charge in [0, 0.05) is 0 Å². The zero-order valence-electron chi connectivity index (χ0n) is 11.2. The second-order valence-electron chi connectivity index (χ2n) is 4.72. The summed E-state index contributed by atoms with van der Waals surface area (Å²) in [4.78, 5) is 24.0. The van der Waals surface area contributed by atoms with Gasteiger partial charge in [-0.2, -0.15) is 0 Å². The lowest BCUT2D eigenvalue weighted by atomic mass is 9.96. The first-order chi connectivity index (χ1) is 10.3. The van der Waals surface area contributed by atoms with Crippen LogP contribution in [-0.4, -0.2) is 16.9 Å². The summed E-state index contributed by atoms with van der Waals surface area (Å²) in [5, 5.41) is 0. The molecule has 1 aliphatic heterocycles. The molecule has 0 radical (unpaired) electrons. The molecule has 0 N–H and O–H groups in total. The van der Waals surface area contributed by atoms with Gasteiger partial charge in [0.2, 0.25) is 0 Å². The van der Waals surface area contributed by atoms with Gasteiger partial charge in [-0.15, -0.1) is 0 Å². The van der Waals surface area contributed by atoms with Crippen molar-refractivity contribution in [2.24, 2.45) is 0 Å². The molecule has 1 fully saturated rings. The molecular formula is C17H13NO3. The Balaban J connectivity index is 2.07. The van der Waals surface area contributed by atoms with Crippen molar-refractivity contribution in [1.29, 1.82) is 0 Å². The van der Waals surface area contributed by atoms with E-state index in [0.29, 0.717) is 0 Å². The lowest BCUT2D eigenvalue weighted by Crippen LogP contribution is -2.22. The highest BCUT2D eigenvalue weighted by Gasteiger charge is 2.42. The van der Waals surface area contributed by atoms with E-state index < -0.39 is 12.2 Å². The number of amides is 1. The monoisotopic (exact) mass is 279 g/mol. The smallest absolute Gasteiger partial charge is 0.415 e. The van der Waals surface area contributed by atoms with E-state index in [2.05, 4.69) is 0 Å². The number of carbonyl (C=O) groups is 1. The quantitative estimate of drug-likeness (QED) is 0.810. The van der Waals surface area contributed by atoms with Gasteiger partial charge >= 0.3 is 6.09 Å². The van der Waals surface area contributed by atoms with E-state index in [1.54, 1.807) is 5.94 Å². The molecular weight excluding hydrogens is 266 g/mol. The van der Waals surface area contributed by atoms with Gasteiger partial charge in [-0.3, -0.25) is 4.90 Å². The van der Waals surface area contributed by atoms with Crippen molar-refractivity contribution in [2.75, 3.05) is 0 Å². The van der Waals surface area contributed by atoms with Crippen LogP contribution in [0.5, 0.6) is 0 Å². The Kier molecular flexibility index (Phi) is 3.54. The molecule has 4 nitrogen and oxygen atoms in total. The number of cyclic esters (lactones) is 1. The van der Waals surface area contributed by atoms with Crippen LogP contribution in [0.4, 0.5) is 4.79 Å². The average molecular weight is 279 g/mol. The van der Waals surface area contributed by atoms with Crippen molar-refractivity contribution in [3.63, 3.8) is 0 Å². The zero-order valence-corrected chi connectivity index (χ0v) is 11.2. The summed E-state index contributed by atoms with van der Waals surface area (Å²) in [6.07, 6.45) is 0.106. The van der Waals surface area contributed by atoms with Crippen molar-refractivity contribution < 1.29 is 14.3 Å². The first-order valence-electron chi connectivity index (χ1n) is 6.61. The van der Waals surface area contributed by atoms with E-state index >= 15 is 0 Å². The van der Waals surface area contributed by atoms with Gasteiger partial charge in [0.05, 0.1) is 6.20 Å². The van der Waals surface area contributed by atoms with Gasteiger partial charge in [-0.1, -0.05) is 60.7 Å². The van der Waals surface area contributed by atoms with E-state index in [-0.39, 0.29) is 6.04 Å². The Labute approximate surface area is 122 Å². The second kappa shape index (κ2) is 5.65. The SMILES string of the molecule is O=C=CN1C(=O)O[C@@H](c2ccccc2)[C@@H]1c1ccccc1. The van der Waals surface area contributed by atoms with Crippen LogP contribution in [0, 0.1) is 0 Å². The minimum absolute atomic E-state index is 0.373. The number of hydrogen-bond donors (Lipinski definition) is 0. The van der Waals surface area contributed by atoms with Crippen LogP contribution < -0.4 is 0 Å². The van der Waals surface area contributed by atoms with Gasteiger partial charge in [0.15, 0.2) is 6.10 Å². The van der Waals surface area contributed by atoms with E-state index in [4.69, 9.17) is 4.74 Å². The first-order valence-corrected chi connectivity index (χ1v) is 6.61. The Bertz CT molecular complexity index is 678. The summed E-state index contributed by atoms with van der Waals surface area (Å²) in [5.41, 5.74) is 1.80. The fourth-order valence-electron chi connectivity index (χ4n) is 2.56.